The van der Waals surface area contributed by atoms with Gasteiger partial charge < -0.3 is 4.90 Å². The first-order chi connectivity index (χ1) is 14.0. The van der Waals surface area contributed by atoms with Crippen LogP contribution in [0.1, 0.15) is 49.4 Å². The highest BCUT2D eigenvalue weighted by Crippen LogP contribution is 2.39. The minimum absolute atomic E-state index is 0.0614. The molecule has 0 aromatic heterocycles. The second-order valence-corrected chi connectivity index (χ2v) is 9.96. The number of nitrogens with zero attached hydrogens (tertiary/aromatic N) is 1. The van der Waals surface area contributed by atoms with Crippen LogP contribution in [-0.4, -0.2) is 31.8 Å². The number of nitrogens with one attached hydrogen (secondary N) is 1. The highest BCUT2D eigenvalue weighted by molar-refractivity contribution is 7.92. The first kappa shape index (κ1) is 20.0. The minimum atomic E-state index is -3.63. The van der Waals surface area contributed by atoms with E-state index in [-0.39, 0.29) is 10.8 Å². The lowest BCUT2D eigenvalue weighted by Crippen LogP contribution is -2.52. The first-order valence-corrected chi connectivity index (χ1v) is 11.9. The van der Waals surface area contributed by atoms with Gasteiger partial charge in [0.1, 0.15) is 0 Å². The summed E-state index contributed by atoms with van der Waals surface area (Å²) in [5, 5.41) is 0. The molecule has 3 atom stereocenters. The molecule has 2 aromatic rings. The Hall–Kier alpha value is -2.34. The Labute approximate surface area is 173 Å². The number of sulfonamides is 1. The molecule has 5 nitrogen and oxygen atoms in total. The van der Waals surface area contributed by atoms with E-state index in [9.17, 15) is 13.2 Å². The normalized spacial score (nSPS) is 24.6. The van der Waals surface area contributed by atoms with E-state index in [1.54, 1.807) is 54.6 Å². The van der Waals surface area contributed by atoms with Crippen LogP contribution in [0, 0.1) is 11.8 Å². The van der Waals surface area contributed by atoms with Crippen molar-refractivity contribution in [2.24, 2.45) is 11.8 Å². The molecule has 29 heavy (non-hydrogen) atoms. The fraction of sp³-hybridized carbons (Fsp3) is 0.435. The predicted octanol–water partition coefficient (Wildman–Crippen LogP) is 4.53. The maximum absolute atomic E-state index is 13.2. The maximum Gasteiger partial charge on any atom is 0.261 e. The molecule has 4 rings (SSSR count). The standard InChI is InChI=1S/C23H28N2O3S/c1-17-15-16-25(22-10-6-5-9-21(17)22)23(26)18-11-13-19(14-12-18)24-29(27,28)20-7-3-2-4-8-20/h2-4,7-8,11-14,17,21-22,24H,5-6,9-10,15-16H2,1H3. The molecule has 0 spiro atoms. The number of anilines is 1. The Balaban J connectivity index is 1.48. The number of piperidine rings is 1. The molecule has 1 aliphatic heterocycles. The van der Waals surface area contributed by atoms with Crippen molar-refractivity contribution in [3.05, 3.63) is 60.2 Å². The van der Waals surface area contributed by atoms with Gasteiger partial charge in [0, 0.05) is 23.8 Å². The van der Waals surface area contributed by atoms with Crippen LogP contribution >= 0.6 is 0 Å². The fourth-order valence-electron chi connectivity index (χ4n) is 4.83. The Bertz CT molecular complexity index is 957. The molecule has 2 aliphatic rings. The van der Waals surface area contributed by atoms with Gasteiger partial charge in [0.2, 0.25) is 0 Å². The number of amides is 1. The summed E-state index contributed by atoms with van der Waals surface area (Å²) in [4.78, 5) is 15.4. The summed E-state index contributed by atoms with van der Waals surface area (Å²) in [6.45, 7) is 3.13. The second-order valence-electron chi connectivity index (χ2n) is 8.28. The molecule has 2 fully saturated rings. The van der Waals surface area contributed by atoms with E-state index in [1.807, 2.05) is 0 Å². The largest absolute Gasteiger partial charge is 0.335 e. The molecular formula is C23H28N2O3S. The Morgan fingerprint density at radius 3 is 2.38 bits per heavy atom. The van der Waals surface area contributed by atoms with Crippen molar-refractivity contribution in [3.63, 3.8) is 0 Å². The first-order valence-electron chi connectivity index (χ1n) is 10.4. The van der Waals surface area contributed by atoms with Crippen LogP contribution < -0.4 is 4.72 Å². The number of carbonyl (C=O) groups is 1. The topological polar surface area (TPSA) is 66.5 Å². The van der Waals surface area contributed by atoms with E-state index in [2.05, 4.69) is 16.5 Å². The number of likely N-dealkylation sites (tertiary alicyclic amines) is 1. The Morgan fingerprint density at radius 1 is 0.966 bits per heavy atom. The molecule has 1 N–H and O–H groups in total. The third-order valence-electron chi connectivity index (χ3n) is 6.44. The quantitative estimate of drug-likeness (QED) is 0.802. The average molecular weight is 413 g/mol. The number of hydrogen-bond donors (Lipinski definition) is 1. The monoisotopic (exact) mass is 412 g/mol. The van der Waals surface area contributed by atoms with E-state index in [0.717, 1.165) is 19.4 Å². The smallest absolute Gasteiger partial charge is 0.261 e. The second kappa shape index (κ2) is 8.19. The van der Waals surface area contributed by atoms with Crippen molar-refractivity contribution in [3.8, 4) is 0 Å². The summed E-state index contributed by atoms with van der Waals surface area (Å²) in [7, 11) is -3.63. The van der Waals surface area contributed by atoms with E-state index in [0.29, 0.717) is 29.1 Å². The molecule has 0 bridgehead atoms. The highest BCUT2D eigenvalue weighted by Gasteiger charge is 2.39. The van der Waals surface area contributed by atoms with Gasteiger partial charge in [-0.2, -0.15) is 0 Å². The summed E-state index contributed by atoms with van der Waals surface area (Å²) in [5.74, 6) is 1.35. The lowest BCUT2D eigenvalue weighted by molar-refractivity contribution is 0.0218. The minimum Gasteiger partial charge on any atom is -0.335 e. The molecule has 1 saturated carbocycles. The lowest BCUT2D eigenvalue weighted by Gasteiger charge is -2.47. The van der Waals surface area contributed by atoms with Crippen molar-refractivity contribution in [1.29, 1.82) is 0 Å². The van der Waals surface area contributed by atoms with Crippen molar-refractivity contribution in [1.82, 2.24) is 4.90 Å². The van der Waals surface area contributed by atoms with Crippen molar-refractivity contribution >= 4 is 21.6 Å². The van der Waals surface area contributed by atoms with E-state index < -0.39 is 10.0 Å². The highest BCUT2D eigenvalue weighted by atomic mass is 32.2. The molecule has 2 aromatic carbocycles. The zero-order chi connectivity index (χ0) is 20.4. The SMILES string of the molecule is CC1CCN(C(=O)c2ccc(NS(=O)(=O)c3ccccc3)cc2)C2CCCCC12. The number of rotatable bonds is 4. The summed E-state index contributed by atoms with van der Waals surface area (Å²) < 4.78 is 27.5. The van der Waals surface area contributed by atoms with Crippen LogP contribution in [-0.2, 0) is 10.0 Å². The molecule has 1 amide bonds. The number of benzene rings is 2. The summed E-state index contributed by atoms with van der Waals surface area (Å²) in [5.41, 5.74) is 1.07. The van der Waals surface area contributed by atoms with E-state index in [4.69, 9.17) is 0 Å². The summed E-state index contributed by atoms with van der Waals surface area (Å²) in [6, 6.07) is 15.4. The van der Waals surface area contributed by atoms with Gasteiger partial charge in [-0.3, -0.25) is 9.52 Å². The fourth-order valence-corrected chi connectivity index (χ4v) is 5.91. The number of hydrogen-bond acceptors (Lipinski definition) is 3. The molecule has 1 aliphatic carbocycles. The van der Waals surface area contributed by atoms with Gasteiger partial charge in [0.25, 0.3) is 15.9 Å². The Morgan fingerprint density at radius 2 is 1.66 bits per heavy atom. The molecule has 1 heterocycles. The molecule has 0 radical (unpaired) electrons. The zero-order valence-electron chi connectivity index (χ0n) is 16.8. The maximum atomic E-state index is 13.2. The average Bonchev–Trinajstić information content (AvgIpc) is 2.75. The van der Waals surface area contributed by atoms with Gasteiger partial charge in [0.15, 0.2) is 0 Å². The zero-order valence-corrected chi connectivity index (χ0v) is 17.6. The molecule has 1 saturated heterocycles. The molecule has 6 heteroatoms. The van der Waals surface area contributed by atoms with Crippen molar-refractivity contribution in [2.45, 2.75) is 50.0 Å². The summed E-state index contributed by atoms with van der Waals surface area (Å²) in [6.07, 6.45) is 5.83. The van der Waals surface area contributed by atoms with Crippen LogP contribution in [0.3, 0.4) is 0 Å². The van der Waals surface area contributed by atoms with Crippen molar-refractivity contribution < 1.29 is 13.2 Å². The number of carbonyl (C=O) groups excluding carboxylic acids is 1. The van der Waals surface area contributed by atoms with Crippen molar-refractivity contribution in [2.75, 3.05) is 11.3 Å². The van der Waals surface area contributed by atoms with Gasteiger partial charge in [-0.1, -0.05) is 38.0 Å². The van der Waals surface area contributed by atoms with E-state index in [1.165, 1.54) is 19.3 Å². The number of fused-ring (bicyclic) bond motifs is 1. The van der Waals surface area contributed by atoms with Crippen LogP contribution in [0.25, 0.3) is 0 Å². The third kappa shape index (κ3) is 4.17. The third-order valence-corrected chi connectivity index (χ3v) is 7.83. The van der Waals surface area contributed by atoms with Gasteiger partial charge in [-0.15, -0.1) is 0 Å². The van der Waals surface area contributed by atoms with E-state index >= 15 is 0 Å². The lowest BCUT2D eigenvalue weighted by atomic mass is 9.72. The van der Waals surface area contributed by atoms with Crippen LogP contribution in [0.2, 0.25) is 0 Å². The van der Waals surface area contributed by atoms with Gasteiger partial charge in [-0.25, -0.2) is 8.42 Å². The van der Waals surface area contributed by atoms with Gasteiger partial charge in [-0.05, 0) is 67.5 Å². The van der Waals surface area contributed by atoms with Crippen LogP contribution in [0.4, 0.5) is 5.69 Å². The van der Waals surface area contributed by atoms with Gasteiger partial charge in [0.05, 0.1) is 4.90 Å². The van der Waals surface area contributed by atoms with Crippen LogP contribution in [0.5, 0.6) is 0 Å². The Kier molecular flexibility index (Phi) is 5.63. The summed E-state index contributed by atoms with van der Waals surface area (Å²) >= 11 is 0. The predicted molar refractivity (Wildman–Crippen MR) is 114 cm³/mol. The molecule has 154 valence electrons. The molecule has 3 unspecified atom stereocenters. The van der Waals surface area contributed by atoms with Gasteiger partial charge >= 0.3 is 0 Å². The molecular weight excluding hydrogens is 384 g/mol. The van der Waals surface area contributed by atoms with Crippen LogP contribution in [0.15, 0.2) is 59.5 Å².